The minimum atomic E-state index is -0.970. The second-order valence-corrected chi connectivity index (χ2v) is 8.21. The van der Waals surface area contributed by atoms with Gasteiger partial charge in [-0.25, -0.2) is 0 Å². The van der Waals surface area contributed by atoms with E-state index in [1.165, 1.54) is 18.0 Å². The van der Waals surface area contributed by atoms with E-state index in [9.17, 15) is 19.5 Å². The number of nitrogens with one attached hydrogen (secondary N) is 1. The van der Waals surface area contributed by atoms with Gasteiger partial charge in [0.2, 0.25) is 5.91 Å². The molecule has 1 saturated heterocycles. The standard InChI is InChI=1S/C28H27N3O6/c1-4-36-21-11-12-22(23(15-21)37-5-2)26(33)24-25(18-8-7-13-29-16-18)31(28(35)27(24)34)20-10-6-9-19(14-20)30-17(3)32/h6-16,25,33H,4-5H2,1-3H3,(H,30,32)/b26-24-. The molecule has 0 spiro atoms. The first-order chi connectivity index (χ1) is 17.8. The Hall–Kier alpha value is -4.66. The number of ketones is 1. The van der Waals surface area contributed by atoms with E-state index in [1.54, 1.807) is 67.7 Å². The van der Waals surface area contributed by atoms with Crippen molar-refractivity contribution in [1.29, 1.82) is 0 Å². The Balaban J connectivity index is 1.91. The number of pyridine rings is 1. The van der Waals surface area contributed by atoms with Crippen molar-refractivity contribution in [3.05, 3.63) is 83.7 Å². The number of aliphatic hydroxyl groups is 1. The van der Waals surface area contributed by atoms with Gasteiger partial charge in [0.05, 0.1) is 30.4 Å². The molecule has 3 aromatic rings. The first-order valence-corrected chi connectivity index (χ1v) is 11.8. The molecule has 1 atom stereocenters. The molecular weight excluding hydrogens is 474 g/mol. The number of anilines is 2. The highest BCUT2D eigenvalue weighted by atomic mass is 16.5. The Morgan fingerprint density at radius 3 is 2.51 bits per heavy atom. The maximum atomic E-state index is 13.4. The predicted octanol–water partition coefficient (Wildman–Crippen LogP) is 4.46. The number of benzene rings is 2. The molecule has 2 aromatic carbocycles. The Kier molecular flexibility index (Phi) is 7.52. The first-order valence-electron chi connectivity index (χ1n) is 11.8. The summed E-state index contributed by atoms with van der Waals surface area (Å²) in [5, 5.41) is 14.2. The van der Waals surface area contributed by atoms with Crippen molar-refractivity contribution in [3.8, 4) is 11.5 Å². The van der Waals surface area contributed by atoms with Crippen LogP contribution in [-0.2, 0) is 14.4 Å². The fourth-order valence-electron chi connectivity index (χ4n) is 4.26. The second-order valence-electron chi connectivity index (χ2n) is 8.21. The summed E-state index contributed by atoms with van der Waals surface area (Å²) in [7, 11) is 0. The molecule has 1 aliphatic rings. The van der Waals surface area contributed by atoms with E-state index in [2.05, 4.69) is 10.3 Å². The van der Waals surface area contributed by atoms with Gasteiger partial charge in [0, 0.05) is 36.8 Å². The van der Waals surface area contributed by atoms with Crippen LogP contribution in [0.2, 0.25) is 0 Å². The molecule has 0 aliphatic carbocycles. The molecule has 2 amide bonds. The van der Waals surface area contributed by atoms with Crippen LogP contribution in [0.15, 0.2) is 72.6 Å². The van der Waals surface area contributed by atoms with E-state index < -0.39 is 17.7 Å². The molecule has 2 heterocycles. The molecule has 2 N–H and O–H groups in total. The molecule has 1 fully saturated rings. The van der Waals surface area contributed by atoms with Crippen LogP contribution in [0.4, 0.5) is 11.4 Å². The van der Waals surface area contributed by atoms with Gasteiger partial charge in [-0.2, -0.15) is 0 Å². The number of nitrogens with zero attached hydrogens (tertiary/aromatic N) is 2. The normalized spacial score (nSPS) is 16.5. The molecule has 0 saturated carbocycles. The lowest BCUT2D eigenvalue weighted by atomic mass is 9.95. The van der Waals surface area contributed by atoms with Crippen molar-refractivity contribution < 1.29 is 29.0 Å². The number of amides is 2. The number of ether oxygens (including phenoxy) is 2. The van der Waals surface area contributed by atoms with Crippen molar-refractivity contribution >= 4 is 34.7 Å². The molecule has 0 bridgehead atoms. The SMILES string of the molecule is CCOc1ccc(/C(O)=C2/C(=O)C(=O)N(c3cccc(NC(C)=O)c3)C2c2cccnc2)c(OCC)c1. The van der Waals surface area contributed by atoms with Crippen LogP contribution in [0, 0.1) is 0 Å². The van der Waals surface area contributed by atoms with Crippen LogP contribution in [0.5, 0.6) is 11.5 Å². The zero-order valence-corrected chi connectivity index (χ0v) is 20.7. The van der Waals surface area contributed by atoms with Gasteiger partial charge >= 0.3 is 0 Å². The van der Waals surface area contributed by atoms with Crippen LogP contribution in [0.3, 0.4) is 0 Å². The van der Waals surface area contributed by atoms with E-state index >= 15 is 0 Å². The second kappa shape index (κ2) is 10.9. The summed E-state index contributed by atoms with van der Waals surface area (Å²) < 4.78 is 11.3. The fraction of sp³-hybridized carbons (Fsp3) is 0.214. The Labute approximate surface area is 214 Å². The van der Waals surface area contributed by atoms with Gasteiger partial charge in [-0.1, -0.05) is 12.1 Å². The monoisotopic (exact) mass is 501 g/mol. The third kappa shape index (κ3) is 5.16. The number of aromatic nitrogens is 1. The van der Waals surface area contributed by atoms with Gasteiger partial charge < -0.3 is 19.9 Å². The van der Waals surface area contributed by atoms with Crippen LogP contribution < -0.4 is 19.7 Å². The number of carbonyl (C=O) groups is 3. The average Bonchev–Trinajstić information content (AvgIpc) is 3.15. The van der Waals surface area contributed by atoms with Crippen molar-refractivity contribution in [2.75, 3.05) is 23.4 Å². The van der Waals surface area contributed by atoms with Crippen LogP contribution in [0.1, 0.15) is 37.9 Å². The fourth-order valence-corrected chi connectivity index (χ4v) is 4.26. The maximum absolute atomic E-state index is 13.4. The van der Waals surface area contributed by atoms with Crippen molar-refractivity contribution in [1.82, 2.24) is 4.98 Å². The maximum Gasteiger partial charge on any atom is 0.300 e. The summed E-state index contributed by atoms with van der Waals surface area (Å²) in [6.07, 6.45) is 3.11. The highest BCUT2D eigenvalue weighted by Gasteiger charge is 2.47. The molecule has 9 nitrogen and oxygen atoms in total. The minimum Gasteiger partial charge on any atom is -0.507 e. The highest BCUT2D eigenvalue weighted by Crippen LogP contribution is 2.44. The lowest BCUT2D eigenvalue weighted by Gasteiger charge is -2.25. The molecule has 0 radical (unpaired) electrons. The van der Waals surface area contributed by atoms with E-state index in [-0.39, 0.29) is 22.8 Å². The van der Waals surface area contributed by atoms with Gasteiger partial charge in [-0.15, -0.1) is 0 Å². The van der Waals surface area contributed by atoms with Crippen molar-refractivity contribution in [2.45, 2.75) is 26.8 Å². The van der Waals surface area contributed by atoms with Gasteiger partial charge in [0.1, 0.15) is 17.3 Å². The Bertz CT molecular complexity index is 1370. The summed E-state index contributed by atoms with van der Waals surface area (Å²) in [5.74, 6) is -1.47. The van der Waals surface area contributed by atoms with E-state index in [4.69, 9.17) is 9.47 Å². The molecule has 1 unspecified atom stereocenters. The topological polar surface area (TPSA) is 118 Å². The Morgan fingerprint density at radius 1 is 1.05 bits per heavy atom. The average molecular weight is 502 g/mol. The van der Waals surface area contributed by atoms with Crippen molar-refractivity contribution in [3.63, 3.8) is 0 Å². The third-order valence-corrected chi connectivity index (χ3v) is 5.71. The molecule has 1 aromatic heterocycles. The third-order valence-electron chi connectivity index (χ3n) is 5.71. The quantitative estimate of drug-likeness (QED) is 0.266. The van der Waals surface area contributed by atoms with Crippen molar-refractivity contribution in [2.24, 2.45) is 0 Å². The number of carbonyl (C=O) groups excluding carboxylic acids is 3. The van der Waals surface area contributed by atoms with Gasteiger partial charge in [0.25, 0.3) is 11.7 Å². The summed E-state index contributed by atoms with van der Waals surface area (Å²) in [6.45, 7) is 5.78. The summed E-state index contributed by atoms with van der Waals surface area (Å²) in [5.41, 5.74) is 1.51. The molecule has 190 valence electrons. The van der Waals surface area contributed by atoms with Crippen LogP contribution in [-0.4, -0.2) is 40.9 Å². The molecule has 1 aliphatic heterocycles. The summed E-state index contributed by atoms with van der Waals surface area (Å²) in [6, 6.07) is 13.9. The van der Waals surface area contributed by atoms with E-state index in [0.29, 0.717) is 41.7 Å². The number of hydrogen-bond acceptors (Lipinski definition) is 7. The minimum absolute atomic E-state index is 0.104. The largest absolute Gasteiger partial charge is 0.507 e. The van der Waals surface area contributed by atoms with E-state index in [0.717, 1.165) is 0 Å². The number of rotatable bonds is 8. The Morgan fingerprint density at radius 2 is 1.84 bits per heavy atom. The smallest absolute Gasteiger partial charge is 0.300 e. The number of Topliss-reactive ketones (excluding diaryl/α,β-unsaturated/α-hetero) is 1. The van der Waals surface area contributed by atoms with Gasteiger partial charge in [-0.05, 0) is 55.8 Å². The number of aliphatic hydroxyl groups excluding tert-OH is 1. The van der Waals surface area contributed by atoms with Crippen LogP contribution >= 0.6 is 0 Å². The van der Waals surface area contributed by atoms with Gasteiger partial charge in [0.15, 0.2) is 0 Å². The number of hydrogen-bond donors (Lipinski definition) is 2. The highest BCUT2D eigenvalue weighted by molar-refractivity contribution is 6.51. The molecule has 37 heavy (non-hydrogen) atoms. The first kappa shape index (κ1) is 25.4. The lowest BCUT2D eigenvalue weighted by Crippen LogP contribution is -2.29. The molecule has 4 rings (SSSR count). The predicted molar refractivity (Wildman–Crippen MR) is 139 cm³/mol. The van der Waals surface area contributed by atoms with Crippen LogP contribution in [0.25, 0.3) is 5.76 Å². The van der Waals surface area contributed by atoms with Gasteiger partial charge in [-0.3, -0.25) is 24.3 Å². The molecule has 9 heteroatoms. The lowest BCUT2D eigenvalue weighted by molar-refractivity contribution is -0.132. The molecular formula is C28H27N3O6. The zero-order valence-electron chi connectivity index (χ0n) is 20.7. The summed E-state index contributed by atoms with van der Waals surface area (Å²) in [4.78, 5) is 43.9. The van der Waals surface area contributed by atoms with E-state index in [1.807, 2.05) is 6.92 Å². The zero-order chi connectivity index (χ0) is 26.5. The summed E-state index contributed by atoms with van der Waals surface area (Å²) >= 11 is 0.